The van der Waals surface area contributed by atoms with Crippen molar-refractivity contribution in [2.24, 2.45) is 0 Å². The highest BCUT2D eigenvalue weighted by atomic mass is 32.1. The lowest BCUT2D eigenvalue weighted by atomic mass is 10.1. The minimum atomic E-state index is -1.18. The summed E-state index contributed by atoms with van der Waals surface area (Å²) in [6.45, 7) is 1.77. The summed E-state index contributed by atoms with van der Waals surface area (Å²) in [5.41, 5.74) is 0.222. The van der Waals surface area contributed by atoms with Gasteiger partial charge in [-0.3, -0.25) is 9.36 Å². The molecule has 7 nitrogen and oxygen atoms in total. The van der Waals surface area contributed by atoms with Gasteiger partial charge < -0.3 is 10.2 Å². The highest BCUT2D eigenvalue weighted by Gasteiger charge is 2.18. The number of rotatable bonds is 4. The van der Waals surface area contributed by atoms with Gasteiger partial charge in [0.05, 0.1) is 23.1 Å². The number of fused-ring (bicyclic) bond motifs is 1. The molecule has 0 saturated carbocycles. The summed E-state index contributed by atoms with van der Waals surface area (Å²) in [5.74, 6) is -1.80. The predicted molar refractivity (Wildman–Crippen MR) is 88.1 cm³/mol. The van der Waals surface area contributed by atoms with Crippen LogP contribution in [0.4, 0.5) is 0 Å². The first kappa shape index (κ1) is 15.9. The number of hydrogen-bond donors (Lipinski definition) is 2. The number of hydrogen-bond acceptors (Lipinski definition) is 5. The lowest BCUT2D eigenvalue weighted by molar-refractivity contribution is 0.0687. The van der Waals surface area contributed by atoms with Gasteiger partial charge >= 0.3 is 11.9 Å². The molecule has 0 atom stereocenters. The van der Waals surface area contributed by atoms with E-state index < -0.39 is 17.5 Å². The number of aromatic nitrogens is 2. The molecule has 0 aliphatic heterocycles. The standard InChI is InChI=1S/C16H12N2O5S/c1-8-17-13-12(11(7-24-13)16(22)23)14(19)18(8)6-9-3-2-4-10(5-9)15(20)21/h2-5,7H,6H2,1H3,(H,20,21)(H,22,23). The van der Waals surface area contributed by atoms with Crippen LogP contribution < -0.4 is 5.56 Å². The van der Waals surface area contributed by atoms with Crippen molar-refractivity contribution in [3.63, 3.8) is 0 Å². The summed E-state index contributed by atoms with van der Waals surface area (Å²) < 4.78 is 1.35. The summed E-state index contributed by atoms with van der Waals surface area (Å²) in [6, 6.07) is 6.24. The molecule has 24 heavy (non-hydrogen) atoms. The molecule has 0 saturated heterocycles. The third-order valence-electron chi connectivity index (χ3n) is 3.63. The first-order chi connectivity index (χ1) is 11.4. The Morgan fingerprint density at radius 2 is 2.00 bits per heavy atom. The second kappa shape index (κ2) is 5.89. The van der Waals surface area contributed by atoms with Crippen molar-refractivity contribution >= 4 is 33.5 Å². The van der Waals surface area contributed by atoms with E-state index in [4.69, 9.17) is 5.11 Å². The molecule has 2 N–H and O–H groups in total. The molecule has 0 aliphatic rings. The van der Waals surface area contributed by atoms with E-state index in [2.05, 4.69) is 4.98 Å². The normalized spacial score (nSPS) is 10.9. The third-order valence-corrected chi connectivity index (χ3v) is 4.50. The van der Waals surface area contributed by atoms with Crippen LogP contribution in [0.25, 0.3) is 10.2 Å². The second-order valence-electron chi connectivity index (χ2n) is 5.19. The average molecular weight is 344 g/mol. The van der Waals surface area contributed by atoms with E-state index in [9.17, 15) is 19.5 Å². The number of benzene rings is 1. The van der Waals surface area contributed by atoms with Crippen molar-refractivity contribution in [1.82, 2.24) is 9.55 Å². The first-order valence-electron chi connectivity index (χ1n) is 6.92. The monoisotopic (exact) mass is 344 g/mol. The zero-order valence-corrected chi connectivity index (χ0v) is 13.3. The zero-order valence-electron chi connectivity index (χ0n) is 12.5. The molecule has 0 amide bonds. The summed E-state index contributed by atoms with van der Waals surface area (Å²) >= 11 is 1.11. The SMILES string of the molecule is Cc1nc2scc(C(=O)O)c2c(=O)n1Cc1cccc(C(=O)O)c1. The van der Waals surface area contributed by atoms with Crippen LogP contribution in [0.3, 0.4) is 0 Å². The van der Waals surface area contributed by atoms with Gasteiger partial charge in [-0.05, 0) is 24.6 Å². The van der Waals surface area contributed by atoms with Crippen molar-refractivity contribution in [1.29, 1.82) is 0 Å². The van der Waals surface area contributed by atoms with Gasteiger partial charge in [-0.25, -0.2) is 14.6 Å². The maximum atomic E-state index is 12.7. The minimum Gasteiger partial charge on any atom is -0.478 e. The number of carbonyl (C=O) groups is 2. The summed E-state index contributed by atoms with van der Waals surface area (Å²) in [5, 5.41) is 19.7. The summed E-state index contributed by atoms with van der Waals surface area (Å²) in [4.78, 5) is 39.7. The third kappa shape index (κ3) is 2.67. The number of thiophene rings is 1. The maximum absolute atomic E-state index is 12.7. The molecule has 0 fully saturated rings. The van der Waals surface area contributed by atoms with Crippen LogP contribution in [0.1, 0.15) is 32.1 Å². The molecule has 8 heteroatoms. The Morgan fingerprint density at radius 1 is 1.25 bits per heavy atom. The quantitative estimate of drug-likeness (QED) is 0.751. The molecule has 0 aliphatic carbocycles. The highest BCUT2D eigenvalue weighted by Crippen LogP contribution is 2.22. The average Bonchev–Trinajstić information content (AvgIpc) is 2.95. The van der Waals surface area contributed by atoms with Crippen LogP contribution in [0, 0.1) is 6.92 Å². The number of aromatic carboxylic acids is 2. The maximum Gasteiger partial charge on any atom is 0.337 e. The van der Waals surface area contributed by atoms with Gasteiger partial charge in [-0.15, -0.1) is 11.3 Å². The molecule has 122 valence electrons. The fourth-order valence-electron chi connectivity index (χ4n) is 2.45. The molecule has 3 aromatic rings. The Bertz CT molecular complexity index is 1030. The molecule has 0 bridgehead atoms. The van der Waals surface area contributed by atoms with Crippen LogP contribution in [-0.2, 0) is 6.54 Å². The van der Waals surface area contributed by atoms with Gasteiger partial charge in [0.2, 0.25) is 0 Å². The Kier molecular flexibility index (Phi) is 3.90. The van der Waals surface area contributed by atoms with Crippen molar-refractivity contribution in [2.75, 3.05) is 0 Å². The van der Waals surface area contributed by atoms with Gasteiger partial charge in [0.15, 0.2) is 0 Å². The Morgan fingerprint density at radius 3 is 2.67 bits per heavy atom. The van der Waals surface area contributed by atoms with Crippen LogP contribution >= 0.6 is 11.3 Å². The molecule has 0 unspecified atom stereocenters. The van der Waals surface area contributed by atoms with E-state index in [-0.39, 0.29) is 23.1 Å². The smallest absolute Gasteiger partial charge is 0.337 e. The van der Waals surface area contributed by atoms with E-state index in [0.717, 1.165) is 11.3 Å². The number of carboxylic acids is 2. The van der Waals surface area contributed by atoms with Crippen molar-refractivity contribution in [3.8, 4) is 0 Å². The number of carboxylic acid groups (broad SMARTS) is 2. The predicted octanol–water partition coefficient (Wildman–Crippen LogP) is 2.21. The van der Waals surface area contributed by atoms with E-state index in [1.807, 2.05) is 0 Å². The molecular weight excluding hydrogens is 332 g/mol. The molecule has 2 aromatic heterocycles. The van der Waals surface area contributed by atoms with Gasteiger partial charge in [0.25, 0.3) is 5.56 Å². The van der Waals surface area contributed by atoms with E-state index in [1.54, 1.807) is 19.1 Å². The molecular formula is C16H12N2O5S. The largest absolute Gasteiger partial charge is 0.478 e. The van der Waals surface area contributed by atoms with Crippen LogP contribution in [-0.4, -0.2) is 31.7 Å². The minimum absolute atomic E-state index is 0.0689. The lowest BCUT2D eigenvalue weighted by Crippen LogP contribution is -2.25. The lowest BCUT2D eigenvalue weighted by Gasteiger charge is -2.10. The second-order valence-corrected chi connectivity index (χ2v) is 6.05. The number of aryl methyl sites for hydroxylation is 1. The summed E-state index contributed by atoms with van der Waals surface area (Å²) in [6.07, 6.45) is 0. The fourth-order valence-corrected chi connectivity index (χ4v) is 3.40. The summed E-state index contributed by atoms with van der Waals surface area (Å²) in [7, 11) is 0. The Hall–Kier alpha value is -3.00. The van der Waals surface area contributed by atoms with Crippen molar-refractivity contribution < 1.29 is 19.8 Å². The van der Waals surface area contributed by atoms with E-state index in [1.165, 1.54) is 22.1 Å². The van der Waals surface area contributed by atoms with E-state index >= 15 is 0 Å². The Balaban J connectivity index is 2.14. The molecule has 0 radical (unpaired) electrons. The zero-order chi connectivity index (χ0) is 17.4. The van der Waals surface area contributed by atoms with Crippen LogP contribution in [0.2, 0.25) is 0 Å². The van der Waals surface area contributed by atoms with Crippen molar-refractivity contribution in [2.45, 2.75) is 13.5 Å². The highest BCUT2D eigenvalue weighted by molar-refractivity contribution is 7.17. The Labute approximate surface area is 139 Å². The first-order valence-corrected chi connectivity index (χ1v) is 7.80. The molecule has 1 aromatic carbocycles. The van der Waals surface area contributed by atoms with Gasteiger partial charge in [0, 0.05) is 5.38 Å². The van der Waals surface area contributed by atoms with Crippen LogP contribution in [0.15, 0.2) is 34.4 Å². The molecule has 2 heterocycles. The topological polar surface area (TPSA) is 109 Å². The van der Waals surface area contributed by atoms with Gasteiger partial charge in [-0.2, -0.15) is 0 Å². The van der Waals surface area contributed by atoms with Crippen molar-refractivity contribution in [3.05, 3.63) is 62.5 Å². The van der Waals surface area contributed by atoms with Gasteiger partial charge in [-0.1, -0.05) is 12.1 Å². The molecule has 3 rings (SSSR count). The van der Waals surface area contributed by atoms with Crippen LogP contribution in [0.5, 0.6) is 0 Å². The molecule has 0 spiro atoms. The van der Waals surface area contributed by atoms with E-state index in [0.29, 0.717) is 16.2 Å². The number of nitrogens with zero attached hydrogens (tertiary/aromatic N) is 2. The fraction of sp³-hybridized carbons (Fsp3) is 0.125. The van der Waals surface area contributed by atoms with Gasteiger partial charge in [0.1, 0.15) is 10.7 Å².